The Kier molecular flexibility index (Phi) is 5.75. The summed E-state index contributed by atoms with van der Waals surface area (Å²) in [5.74, 6) is -1.85. The molecular weight excluding hydrogens is 336 g/mol. The Labute approximate surface area is 142 Å². The zero-order chi connectivity index (χ0) is 18.7. The third-order valence-corrected chi connectivity index (χ3v) is 3.88. The van der Waals surface area contributed by atoms with Crippen LogP contribution in [0.15, 0.2) is 15.8 Å². The Hall–Kier alpha value is -2.46. The van der Waals surface area contributed by atoms with E-state index in [1.54, 1.807) is 0 Å². The van der Waals surface area contributed by atoms with Crippen molar-refractivity contribution in [1.29, 1.82) is 0 Å². The van der Waals surface area contributed by atoms with Gasteiger partial charge in [-0.15, -0.1) is 0 Å². The molecule has 25 heavy (non-hydrogen) atoms. The van der Waals surface area contributed by atoms with Gasteiger partial charge in [-0.1, -0.05) is 0 Å². The number of carbonyl (C=O) groups is 2. The van der Waals surface area contributed by atoms with Gasteiger partial charge in [-0.2, -0.15) is 0 Å². The maximum Gasteiger partial charge on any atom is 0.330 e. The maximum absolute atomic E-state index is 12.1. The van der Waals surface area contributed by atoms with Gasteiger partial charge in [-0.3, -0.25) is 23.9 Å². The molecule has 1 aromatic rings. The number of aliphatic hydroxyl groups is 1. The first-order valence-corrected chi connectivity index (χ1v) is 7.63. The minimum atomic E-state index is -1.08. The highest BCUT2D eigenvalue weighted by Gasteiger charge is 2.48. The second-order valence-electron chi connectivity index (χ2n) is 5.77. The van der Waals surface area contributed by atoms with Crippen LogP contribution in [0.3, 0.4) is 0 Å². The third kappa shape index (κ3) is 4.15. The zero-order valence-electron chi connectivity index (χ0n) is 14.1. The lowest BCUT2D eigenvalue weighted by atomic mass is 9.99. The van der Waals surface area contributed by atoms with Gasteiger partial charge in [0.05, 0.1) is 18.6 Å². The van der Waals surface area contributed by atoms with Crippen LogP contribution in [0.4, 0.5) is 0 Å². The molecule has 0 saturated carbocycles. The number of carbonyl (C=O) groups excluding carboxylic acids is 2. The van der Waals surface area contributed by atoms with Crippen molar-refractivity contribution < 1.29 is 28.9 Å². The van der Waals surface area contributed by atoms with E-state index in [0.717, 1.165) is 4.57 Å². The molecule has 2 heterocycles. The summed E-state index contributed by atoms with van der Waals surface area (Å²) in [7, 11) is 0. The number of aliphatic hydroxyl groups excluding tert-OH is 1. The standard InChI is InChI=1S/C15H20N2O8/c1-7-4-17(15(22)16-13(7)21)14-12(24-9(3)20)10(6-23-8(2)19)11(5-18)25-14/h4,10-12,14,18H,5-6H2,1-3H3,(H,16,21,22). The predicted molar refractivity (Wildman–Crippen MR) is 82.7 cm³/mol. The molecule has 4 atom stereocenters. The van der Waals surface area contributed by atoms with Crippen molar-refractivity contribution in [2.45, 2.75) is 39.2 Å². The first-order chi connectivity index (χ1) is 11.7. The number of esters is 2. The van der Waals surface area contributed by atoms with Crippen LogP contribution >= 0.6 is 0 Å². The highest BCUT2D eigenvalue weighted by Crippen LogP contribution is 2.35. The number of aromatic nitrogens is 2. The number of hydrogen-bond donors (Lipinski definition) is 2. The molecule has 1 aromatic heterocycles. The minimum Gasteiger partial charge on any atom is -0.465 e. The second kappa shape index (κ2) is 7.62. The number of aryl methyl sites for hydroxylation is 1. The van der Waals surface area contributed by atoms with Gasteiger partial charge in [0.15, 0.2) is 12.3 Å². The predicted octanol–water partition coefficient (Wildman–Crippen LogP) is -1.15. The number of aromatic amines is 1. The first-order valence-electron chi connectivity index (χ1n) is 7.63. The van der Waals surface area contributed by atoms with Gasteiger partial charge < -0.3 is 19.3 Å². The molecule has 10 nitrogen and oxygen atoms in total. The van der Waals surface area contributed by atoms with Crippen LogP contribution in [0.25, 0.3) is 0 Å². The summed E-state index contributed by atoms with van der Waals surface area (Å²) in [4.78, 5) is 48.3. The van der Waals surface area contributed by atoms with Crippen molar-refractivity contribution in [3.8, 4) is 0 Å². The quantitative estimate of drug-likeness (QED) is 0.631. The smallest absolute Gasteiger partial charge is 0.330 e. The van der Waals surface area contributed by atoms with Crippen molar-refractivity contribution in [3.05, 3.63) is 32.6 Å². The van der Waals surface area contributed by atoms with Gasteiger partial charge >= 0.3 is 17.6 Å². The maximum atomic E-state index is 12.1. The van der Waals surface area contributed by atoms with Gasteiger partial charge in [0, 0.05) is 25.6 Å². The molecule has 138 valence electrons. The Balaban J connectivity index is 2.43. The normalized spacial score (nSPS) is 25.6. The summed E-state index contributed by atoms with van der Waals surface area (Å²) in [6.07, 6.45) is -1.61. The Bertz CT molecular complexity index is 768. The van der Waals surface area contributed by atoms with E-state index in [4.69, 9.17) is 14.2 Å². The van der Waals surface area contributed by atoms with Crippen molar-refractivity contribution in [2.24, 2.45) is 5.92 Å². The number of H-pyrrole nitrogens is 1. The van der Waals surface area contributed by atoms with Crippen LogP contribution in [0.1, 0.15) is 25.6 Å². The summed E-state index contributed by atoms with van der Waals surface area (Å²) in [5, 5.41) is 9.54. The molecule has 1 aliphatic heterocycles. The molecule has 0 bridgehead atoms. The molecule has 0 amide bonds. The molecule has 2 rings (SSSR count). The molecule has 1 saturated heterocycles. The van der Waals surface area contributed by atoms with Crippen molar-refractivity contribution in [2.75, 3.05) is 13.2 Å². The van der Waals surface area contributed by atoms with Crippen LogP contribution in [0.2, 0.25) is 0 Å². The third-order valence-electron chi connectivity index (χ3n) is 3.88. The summed E-state index contributed by atoms with van der Waals surface area (Å²) in [6.45, 7) is 3.32. The van der Waals surface area contributed by atoms with Gasteiger partial charge in [0.2, 0.25) is 0 Å². The van der Waals surface area contributed by atoms with E-state index in [9.17, 15) is 24.3 Å². The number of nitrogens with zero attached hydrogens (tertiary/aromatic N) is 1. The molecule has 0 aromatic carbocycles. The number of ether oxygens (including phenoxy) is 3. The molecule has 0 spiro atoms. The van der Waals surface area contributed by atoms with Crippen LogP contribution < -0.4 is 11.2 Å². The van der Waals surface area contributed by atoms with E-state index in [-0.39, 0.29) is 12.2 Å². The molecule has 0 radical (unpaired) electrons. The fourth-order valence-corrected chi connectivity index (χ4v) is 2.71. The Morgan fingerprint density at radius 3 is 2.56 bits per heavy atom. The molecule has 1 aliphatic rings. The molecule has 0 aliphatic carbocycles. The molecule has 10 heteroatoms. The van der Waals surface area contributed by atoms with Gasteiger partial charge in [0.25, 0.3) is 5.56 Å². The largest absolute Gasteiger partial charge is 0.465 e. The molecular formula is C15H20N2O8. The summed E-state index contributed by atoms with van der Waals surface area (Å²) in [5.41, 5.74) is -1.03. The van der Waals surface area contributed by atoms with E-state index >= 15 is 0 Å². The highest BCUT2D eigenvalue weighted by atomic mass is 16.6. The fourth-order valence-electron chi connectivity index (χ4n) is 2.71. The number of rotatable bonds is 5. The average molecular weight is 356 g/mol. The Morgan fingerprint density at radius 2 is 2.00 bits per heavy atom. The summed E-state index contributed by atoms with van der Waals surface area (Å²) >= 11 is 0. The van der Waals surface area contributed by atoms with Gasteiger partial charge in [-0.25, -0.2) is 4.79 Å². The highest BCUT2D eigenvalue weighted by molar-refractivity contribution is 5.66. The minimum absolute atomic E-state index is 0.161. The van der Waals surface area contributed by atoms with E-state index in [1.165, 1.54) is 27.0 Å². The fraction of sp³-hybridized carbons (Fsp3) is 0.600. The summed E-state index contributed by atoms with van der Waals surface area (Å²) in [6, 6.07) is 0. The monoisotopic (exact) mass is 356 g/mol. The van der Waals surface area contributed by atoms with Crippen LogP contribution in [0, 0.1) is 12.8 Å². The lowest BCUT2D eigenvalue weighted by molar-refractivity contribution is -0.155. The van der Waals surface area contributed by atoms with Crippen LogP contribution in [-0.4, -0.2) is 52.0 Å². The number of hydrogen-bond acceptors (Lipinski definition) is 8. The SMILES string of the molecule is CC(=O)OCC1C(CO)OC(n2cc(C)c(=O)[nH]c2=O)C1OC(C)=O. The number of nitrogens with one attached hydrogen (secondary N) is 1. The zero-order valence-corrected chi connectivity index (χ0v) is 14.1. The lowest BCUT2D eigenvalue weighted by Gasteiger charge is -2.24. The second-order valence-corrected chi connectivity index (χ2v) is 5.77. The molecule has 4 unspecified atom stereocenters. The van der Waals surface area contributed by atoms with Crippen molar-refractivity contribution >= 4 is 11.9 Å². The van der Waals surface area contributed by atoms with Crippen molar-refractivity contribution in [3.63, 3.8) is 0 Å². The average Bonchev–Trinajstić information content (AvgIpc) is 2.85. The van der Waals surface area contributed by atoms with Crippen LogP contribution in [-0.2, 0) is 23.8 Å². The van der Waals surface area contributed by atoms with E-state index in [0.29, 0.717) is 0 Å². The summed E-state index contributed by atoms with van der Waals surface area (Å²) < 4.78 is 17.0. The van der Waals surface area contributed by atoms with Gasteiger partial charge in [0.1, 0.15) is 6.61 Å². The van der Waals surface area contributed by atoms with Crippen LogP contribution in [0.5, 0.6) is 0 Å². The van der Waals surface area contributed by atoms with Gasteiger partial charge in [-0.05, 0) is 6.92 Å². The lowest BCUT2D eigenvalue weighted by Crippen LogP contribution is -2.40. The molecule has 2 N–H and O–H groups in total. The molecule has 1 fully saturated rings. The van der Waals surface area contributed by atoms with E-state index in [1.807, 2.05) is 0 Å². The van der Waals surface area contributed by atoms with E-state index in [2.05, 4.69) is 4.98 Å². The van der Waals surface area contributed by atoms with E-state index < -0.39 is 54.1 Å². The topological polar surface area (TPSA) is 137 Å². The Morgan fingerprint density at radius 1 is 1.32 bits per heavy atom. The first kappa shape index (κ1) is 18.9. The van der Waals surface area contributed by atoms with Crippen molar-refractivity contribution in [1.82, 2.24) is 9.55 Å².